The molecule has 156 valence electrons. The van der Waals surface area contributed by atoms with Crippen LogP contribution in [0.4, 0.5) is 21.5 Å². The molecule has 1 aliphatic carbocycles. The molecule has 6 nitrogen and oxygen atoms in total. The number of amides is 3. The Kier molecular flexibility index (Phi) is 5.75. The Hall–Kier alpha value is -4.00. The molecular weight excluding hydrogens is 397 g/mol. The first-order chi connectivity index (χ1) is 15.0. The van der Waals surface area contributed by atoms with E-state index >= 15 is 0 Å². The summed E-state index contributed by atoms with van der Waals surface area (Å²) < 4.78 is 13.3. The molecule has 0 radical (unpaired) electrons. The third kappa shape index (κ3) is 5.33. The highest BCUT2D eigenvalue weighted by Crippen LogP contribution is 2.30. The van der Waals surface area contributed by atoms with Gasteiger partial charge >= 0.3 is 0 Å². The average molecular weight is 417 g/mol. The first-order valence-electron chi connectivity index (χ1n) is 9.87. The highest BCUT2D eigenvalue weighted by Gasteiger charge is 2.29. The molecule has 0 aromatic heterocycles. The van der Waals surface area contributed by atoms with Crippen LogP contribution in [-0.2, 0) is 4.79 Å². The number of hydrogen-bond donors (Lipinski definition) is 3. The molecule has 3 aromatic rings. The number of anilines is 3. The van der Waals surface area contributed by atoms with Crippen molar-refractivity contribution in [3.8, 4) is 0 Å². The van der Waals surface area contributed by atoms with Crippen LogP contribution in [0.1, 0.15) is 33.6 Å². The predicted octanol–water partition coefficient (Wildman–Crippen LogP) is 4.68. The van der Waals surface area contributed by atoms with Crippen molar-refractivity contribution in [3.05, 3.63) is 89.7 Å². The second-order valence-electron chi connectivity index (χ2n) is 7.34. The molecule has 0 saturated heterocycles. The second-order valence-corrected chi connectivity index (χ2v) is 7.34. The maximum absolute atomic E-state index is 13.3. The highest BCUT2D eigenvalue weighted by molar-refractivity contribution is 6.07. The van der Waals surface area contributed by atoms with E-state index in [9.17, 15) is 18.8 Å². The zero-order chi connectivity index (χ0) is 21.8. The van der Waals surface area contributed by atoms with Crippen LogP contribution < -0.4 is 16.0 Å². The van der Waals surface area contributed by atoms with Crippen molar-refractivity contribution < 1.29 is 18.8 Å². The number of nitrogens with one attached hydrogen (secondary N) is 3. The van der Waals surface area contributed by atoms with Gasteiger partial charge in [0.05, 0.1) is 0 Å². The van der Waals surface area contributed by atoms with Crippen molar-refractivity contribution in [1.29, 1.82) is 0 Å². The zero-order valence-corrected chi connectivity index (χ0v) is 16.5. The Morgan fingerprint density at radius 1 is 0.677 bits per heavy atom. The van der Waals surface area contributed by atoms with Crippen LogP contribution in [-0.4, -0.2) is 17.7 Å². The van der Waals surface area contributed by atoms with Crippen molar-refractivity contribution >= 4 is 34.8 Å². The summed E-state index contributed by atoms with van der Waals surface area (Å²) in [6, 6.07) is 18.7. The summed E-state index contributed by atoms with van der Waals surface area (Å²) in [6.45, 7) is 0. The minimum atomic E-state index is -0.447. The van der Waals surface area contributed by atoms with Gasteiger partial charge in [-0.1, -0.05) is 12.1 Å². The van der Waals surface area contributed by atoms with Gasteiger partial charge in [0.15, 0.2) is 0 Å². The van der Waals surface area contributed by atoms with E-state index in [1.54, 1.807) is 48.5 Å². The summed E-state index contributed by atoms with van der Waals surface area (Å²) in [5, 5.41) is 8.19. The van der Waals surface area contributed by atoms with Crippen LogP contribution in [0, 0.1) is 11.7 Å². The van der Waals surface area contributed by atoms with Crippen LogP contribution in [0.25, 0.3) is 0 Å². The minimum absolute atomic E-state index is 0.00512. The van der Waals surface area contributed by atoms with Gasteiger partial charge in [-0.3, -0.25) is 14.4 Å². The number of halogens is 1. The third-order valence-electron chi connectivity index (χ3n) is 4.83. The first-order valence-corrected chi connectivity index (χ1v) is 9.87. The number of hydrogen-bond acceptors (Lipinski definition) is 3. The fourth-order valence-corrected chi connectivity index (χ4v) is 3.01. The lowest BCUT2D eigenvalue weighted by molar-refractivity contribution is -0.117. The van der Waals surface area contributed by atoms with E-state index in [0.717, 1.165) is 12.8 Å². The fraction of sp³-hybridized carbons (Fsp3) is 0.125. The molecule has 0 atom stereocenters. The Labute approximate surface area is 178 Å². The van der Waals surface area contributed by atoms with Crippen molar-refractivity contribution in [3.63, 3.8) is 0 Å². The molecule has 7 heteroatoms. The molecule has 0 heterocycles. The molecule has 3 aromatic carbocycles. The van der Waals surface area contributed by atoms with Crippen LogP contribution >= 0.6 is 0 Å². The second kappa shape index (κ2) is 8.79. The van der Waals surface area contributed by atoms with E-state index in [1.807, 2.05) is 0 Å². The molecule has 0 spiro atoms. The summed E-state index contributed by atoms with van der Waals surface area (Å²) in [4.78, 5) is 36.8. The number of carbonyl (C=O) groups is 3. The molecule has 0 unspecified atom stereocenters. The maximum Gasteiger partial charge on any atom is 0.255 e. The van der Waals surface area contributed by atoms with E-state index < -0.39 is 11.7 Å². The highest BCUT2D eigenvalue weighted by atomic mass is 19.1. The van der Waals surface area contributed by atoms with E-state index in [0.29, 0.717) is 28.2 Å². The topological polar surface area (TPSA) is 87.3 Å². The number of benzene rings is 3. The van der Waals surface area contributed by atoms with E-state index in [4.69, 9.17) is 0 Å². The van der Waals surface area contributed by atoms with Gasteiger partial charge in [0.2, 0.25) is 5.91 Å². The lowest BCUT2D eigenvalue weighted by atomic mass is 10.1. The van der Waals surface area contributed by atoms with Gasteiger partial charge in [-0.2, -0.15) is 0 Å². The molecule has 31 heavy (non-hydrogen) atoms. The SMILES string of the molecule is O=C(Nc1cccc(C(=O)Nc2cccc(F)c2)c1)c1ccc(NC(=O)C2CC2)cc1. The normalized spacial score (nSPS) is 12.7. The van der Waals surface area contributed by atoms with Crippen LogP contribution in [0.2, 0.25) is 0 Å². The van der Waals surface area contributed by atoms with Gasteiger partial charge in [0.25, 0.3) is 11.8 Å². The summed E-state index contributed by atoms with van der Waals surface area (Å²) in [7, 11) is 0. The molecule has 3 amide bonds. The quantitative estimate of drug-likeness (QED) is 0.544. The van der Waals surface area contributed by atoms with E-state index in [-0.39, 0.29) is 17.7 Å². The van der Waals surface area contributed by atoms with E-state index in [1.165, 1.54) is 24.3 Å². The van der Waals surface area contributed by atoms with Gasteiger partial charge in [-0.15, -0.1) is 0 Å². The third-order valence-corrected chi connectivity index (χ3v) is 4.83. The van der Waals surface area contributed by atoms with Crippen LogP contribution in [0.5, 0.6) is 0 Å². The minimum Gasteiger partial charge on any atom is -0.326 e. The summed E-state index contributed by atoms with van der Waals surface area (Å²) >= 11 is 0. The van der Waals surface area contributed by atoms with Crippen molar-refractivity contribution in [2.75, 3.05) is 16.0 Å². The van der Waals surface area contributed by atoms with E-state index in [2.05, 4.69) is 16.0 Å². The van der Waals surface area contributed by atoms with Crippen molar-refractivity contribution in [2.24, 2.45) is 5.92 Å². The maximum atomic E-state index is 13.3. The van der Waals surface area contributed by atoms with Gasteiger partial charge in [0, 0.05) is 34.1 Å². The largest absolute Gasteiger partial charge is 0.326 e. The summed E-state index contributed by atoms with van der Waals surface area (Å²) in [5.74, 6) is -1.10. The molecule has 1 aliphatic rings. The van der Waals surface area contributed by atoms with Gasteiger partial charge < -0.3 is 16.0 Å². The fourth-order valence-electron chi connectivity index (χ4n) is 3.01. The molecule has 0 aliphatic heterocycles. The summed E-state index contributed by atoms with van der Waals surface area (Å²) in [5.41, 5.74) is 2.17. The molecule has 0 bridgehead atoms. The zero-order valence-electron chi connectivity index (χ0n) is 16.5. The average Bonchev–Trinajstić information content (AvgIpc) is 3.60. The smallest absolute Gasteiger partial charge is 0.255 e. The molecule has 4 rings (SSSR count). The Bertz CT molecular complexity index is 1140. The number of rotatable bonds is 6. The molecular formula is C24H20FN3O3. The van der Waals surface area contributed by atoms with Crippen LogP contribution in [0.3, 0.4) is 0 Å². The summed E-state index contributed by atoms with van der Waals surface area (Å²) in [6.07, 6.45) is 1.84. The number of carbonyl (C=O) groups excluding carboxylic acids is 3. The van der Waals surface area contributed by atoms with Crippen molar-refractivity contribution in [2.45, 2.75) is 12.8 Å². The Morgan fingerprint density at radius 2 is 1.29 bits per heavy atom. The molecule has 1 fully saturated rings. The van der Waals surface area contributed by atoms with Gasteiger partial charge in [0.1, 0.15) is 5.82 Å². The Morgan fingerprint density at radius 3 is 1.94 bits per heavy atom. The standard InChI is InChI=1S/C24H20FN3O3/c25-18-4-2-6-21(14-18)28-24(31)17-3-1-5-20(13-17)27-23(30)16-9-11-19(12-10-16)26-22(29)15-7-8-15/h1-6,9-15H,7-8H2,(H,26,29)(H,27,30)(H,28,31). The predicted molar refractivity (Wildman–Crippen MR) is 117 cm³/mol. The van der Waals surface area contributed by atoms with Crippen molar-refractivity contribution in [1.82, 2.24) is 0 Å². The van der Waals surface area contributed by atoms with Gasteiger partial charge in [-0.05, 0) is 73.5 Å². The Balaban J connectivity index is 1.39. The van der Waals surface area contributed by atoms with Crippen LogP contribution in [0.15, 0.2) is 72.8 Å². The molecule has 1 saturated carbocycles. The lowest BCUT2D eigenvalue weighted by Gasteiger charge is -2.09. The molecule has 3 N–H and O–H groups in total. The van der Waals surface area contributed by atoms with Gasteiger partial charge in [-0.25, -0.2) is 4.39 Å². The lowest BCUT2D eigenvalue weighted by Crippen LogP contribution is -2.15. The monoisotopic (exact) mass is 417 g/mol. The first kappa shape index (κ1) is 20.3.